The fraction of sp³-hybridized carbons (Fsp3) is 0. The van der Waals surface area contributed by atoms with Crippen molar-refractivity contribution in [2.45, 2.75) is 0 Å². The highest BCUT2D eigenvalue weighted by Crippen LogP contribution is 2.50. The fourth-order valence-corrected chi connectivity index (χ4v) is 7.69. The Hall–Kier alpha value is -9.73. The summed E-state index contributed by atoms with van der Waals surface area (Å²) in [6.45, 7) is 0. The van der Waals surface area contributed by atoms with E-state index in [-0.39, 0.29) is 5.78 Å². The van der Waals surface area contributed by atoms with Crippen LogP contribution in [0.15, 0.2) is 206 Å². The molecule has 66 heavy (non-hydrogen) atoms. The SMILES string of the molecule is C#Cc1ccc(C2=C(c3cc(C#Cc4ccccc4)cc(C#Cc4ccccc4)c3)C(=O)C(c3cc(C#Cc4ccccc4)cc(C#Cc4ccccc4)c3)=C2c2ccc(C#C)cc2)cc1. The summed E-state index contributed by atoms with van der Waals surface area (Å²) in [5.41, 5.74) is 13.2. The molecule has 8 aromatic rings. The first-order valence-electron chi connectivity index (χ1n) is 21.3. The maximum atomic E-state index is 16.0. The zero-order valence-electron chi connectivity index (χ0n) is 35.7. The van der Waals surface area contributed by atoms with Crippen molar-refractivity contribution in [2.75, 3.05) is 0 Å². The van der Waals surface area contributed by atoms with Crippen LogP contribution >= 0.6 is 0 Å². The summed E-state index contributed by atoms with van der Waals surface area (Å²) in [6.07, 6.45) is 11.7. The molecule has 302 valence electrons. The van der Waals surface area contributed by atoms with Crippen LogP contribution in [0, 0.1) is 72.1 Å². The van der Waals surface area contributed by atoms with Crippen molar-refractivity contribution < 1.29 is 4.79 Å². The monoisotopic (exact) mass is 832 g/mol. The van der Waals surface area contributed by atoms with Crippen molar-refractivity contribution >= 4 is 28.1 Å². The van der Waals surface area contributed by atoms with E-state index in [4.69, 9.17) is 12.8 Å². The predicted molar refractivity (Wildman–Crippen MR) is 270 cm³/mol. The molecule has 9 rings (SSSR count). The van der Waals surface area contributed by atoms with Gasteiger partial charge in [-0.2, -0.15) is 0 Å². The van der Waals surface area contributed by atoms with Crippen LogP contribution < -0.4 is 0 Å². The first-order valence-corrected chi connectivity index (χ1v) is 21.3. The Bertz CT molecular complexity index is 3170. The lowest BCUT2D eigenvalue weighted by Gasteiger charge is -2.14. The summed E-state index contributed by atoms with van der Waals surface area (Å²) >= 11 is 0. The summed E-state index contributed by atoms with van der Waals surface area (Å²) in [5.74, 6) is 32.1. The van der Waals surface area contributed by atoms with Gasteiger partial charge < -0.3 is 0 Å². The molecule has 0 saturated heterocycles. The highest BCUT2D eigenvalue weighted by atomic mass is 16.1. The Labute approximate surface area is 387 Å². The minimum absolute atomic E-state index is 0.174. The number of hydrogen-bond acceptors (Lipinski definition) is 1. The molecule has 0 saturated carbocycles. The van der Waals surface area contributed by atoms with Crippen LogP contribution in [-0.4, -0.2) is 5.78 Å². The molecule has 8 aromatic carbocycles. The van der Waals surface area contributed by atoms with Crippen LogP contribution in [0.1, 0.15) is 77.9 Å². The average molecular weight is 833 g/mol. The second kappa shape index (κ2) is 19.5. The van der Waals surface area contributed by atoms with Crippen LogP contribution in [0.3, 0.4) is 0 Å². The number of carbonyl (C=O) groups excluding carboxylic acids is 1. The van der Waals surface area contributed by atoms with Gasteiger partial charge in [-0.3, -0.25) is 4.79 Å². The number of rotatable bonds is 4. The van der Waals surface area contributed by atoms with Crippen molar-refractivity contribution in [1.29, 1.82) is 0 Å². The Morgan fingerprint density at radius 3 is 0.758 bits per heavy atom. The van der Waals surface area contributed by atoms with Gasteiger partial charge in [-0.05, 0) is 131 Å². The molecule has 0 aromatic heterocycles. The highest BCUT2D eigenvalue weighted by Gasteiger charge is 2.36. The summed E-state index contributed by atoms with van der Waals surface area (Å²) in [6, 6.07) is 66.7. The number of Topliss-reactive ketones (excluding diaryl/α,β-unsaturated/α-hetero) is 1. The van der Waals surface area contributed by atoms with E-state index in [1.165, 1.54) is 0 Å². The van der Waals surface area contributed by atoms with E-state index in [0.29, 0.717) is 44.5 Å². The van der Waals surface area contributed by atoms with Gasteiger partial charge in [-0.1, -0.05) is 156 Å². The molecule has 0 aliphatic heterocycles. The van der Waals surface area contributed by atoms with E-state index < -0.39 is 0 Å². The van der Waals surface area contributed by atoms with Crippen LogP contribution in [0.25, 0.3) is 22.3 Å². The molecule has 0 unspecified atom stereocenters. The molecule has 1 aliphatic rings. The fourth-order valence-electron chi connectivity index (χ4n) is 7.69. The molecule has 0 bridgehead atoms. The predicted octanol–water partition coefficient (Wildman–Crippen LogP) is 12.4. The third-order valence-electron chi connectivity index (χ3n) is 10.8. The van der Waals surface area contributed by atoms with E-state index in [9.17, 15) is 0 Å². The average Bonchev–Trinajstić information content (AvgIpc) is 3.69. The third-order valence-corrected chi connectivity index (χ3v) is 10.8. The van der Waals surface area contributed by atoms with Gasteiger partial charge in [-0.15, -0.1) is 12.8 Å². The van der Waals surface area contributed by atoms with Crippen LogP contribution in [-0.2, 0) is 4.79 Å². The molecule has 1 aliphatic carbocycles. The molecule has 0 amide bonds. The Morgan fingerprint density at radius 1 is 0.242 bits per heavy atom. The van der Waals surface area contributed by atoms with Crippen molar-refractivity contribution in [2.24, 2.45) is 0 Å². The lowest BCUT2D eigenvalue weighted by molar-refractivity contribution is -0.108. The van der Waals surface area contributed by atoms with E-state index in [0.717, 1.165) is 55.7 Å². The number of terminal acetylenes is 2. The van der Waals surface area contributed by atoms with Gasteiger partial charge in [0.2, 0.25) is 0 Å². The van der Waals surface area contributed by atoms with Gasteiger partial charge in [0.05, 0.1) is 0 Å². The molecule has 1 heteroatoms. The standard InChI is InChI=1S/C65H36O/c1-3-47-33-37-57(38-34-47)61-62(58-39-35-48(4-2)36-40-58)64(60-45-55(31-27-51-21-13-7-14-22-51)42-56(46-60)32-28-52-23-15-8-16-24-52)65(66)63(61)59-43-53(29-25-49-17-9-5-10-18-49)41-54(44-59)30-26-50-19-11-6-12-20-50/h1-2,5-24,33-46H. The van der Waals surface area contributed by atoms with Gasteiger partial charge in [0.1, 0.15) is 0 Å². The third kappa shape index (κ3) is 9.66. The molecule has 0 atom stereocenters. The topological polar surface area (TPSA) is 17.1 Å². The van der Waals surface area contributed by atoms with Crippen LogP contribution in [0.2, 0.25) is 0 Å². The first-order chi connectivity index (χ1) is 32.5. The van der Waals surface area contributed by atoms with Crippen molar-refractivity contribution in [3.63, 3.8) is 0 Å². The van der Waals surface area contributed by atoms with E-state index >= 15 is 4.79 Å². The summed E-state index contributed by atoms with van der Waals surface area (Å²) < 4.78 is 0. The Kier molecular flexibility index (Phi) is 12.3. The van der Waals surface area contributed by atoms with E-state index in [1.54, 1.807) is 0 Å². The van der Waals surface area contributed by atoms with E-state index in [2.05, 4.69) is 59.2 Å². The lowest BCUT2D eigenvalue weighted by atomic mass is 9.88. The molecular formula is C65H36O. The Morgan fingerprint density at radius 2 is 0.500 bits per heavy atom. The van der Waals surface area contributed by atoms with Gasteiger partial charge in [-0.25, -0.2) is 0 Å². The van der Waals surface area contributed by atoms with E-state index in [1.807, 2.05) is 206 Å². The Balaban J connectivity index is 1.32. The molecular weight excluding hydrogens is 797 g/mol. The largest absolute Gasteiger partial charge is 0.289 e. The molecule has 0 N–H and O–H groups in total. The zero-order chi connectivity index (χ0) is 45.1. The maximum absolute atomic E-state index is 16.0. The number of allylic oxidation sites excluding steroid dienone is 4. The molecule has 1 nitrogen and oxygen atoms in total. The van der Waals surface area contributed by atoms with Gasteiger partial charge in [0.15, 0.2) is 5.78 Å². The van der Waals surface area contributed by atoms with Crippen molar-refractivity contribution in [3.8, 4) is 72.1 Å². The highest BCUT2D eigenvalue weighted by molar-refractivity contribution is 6.59. The zero-order valence-corrected chi connectivity index (χ0v) is 35.7. The molecule has 0 fully saturated rings. The normalized spacial score (nSPS) is 11.3. The maximum Gasteiger partial charge on any atom is 0.195 e. The second-order valence-electron chi connectivity index (χ2n) is 15.3. The lowest BCUT2D eigenvalue weighted by Crippen LogP contribution is -2.04. The van der Waals surface area contributed by atoms with Crippen molar-refractivity contribution in [3.05, 3.63) is 284 Å². The second-order valence-corrected chi connectivity index (χ2v) is 15.3. The summed E-state index contributed by atoms with van der Waals surface area (Å²) in [5, 5.41) is 0. The minimum Gasteiger partial charge on any atom is -0.289 e. The van der Waals surface area contributed by atoms with Gasteiger partial charge in [0, 0.05) is 77.9 Å². The van der Waals surface area contributed by atoms with Crippen molar-refractivity contribution in [1.82, 2.24) is 0 Å². The van der Waals surface area contributed by atoms with Crippen LogP contribution in [0.5, 0.6) is 0 Å². The summed E-state index contributed by atoms with van der Waals surface area (Å²) in [7, 11) is 0. The minimum atomic E-state index is -0.174. The van der Waals surface area contributed by atoms with Crippen LogP contribution in [0.4, 0.5) is 0 Å². The smallest absolute Gasteiger partial charge is 0.195 e. The molecule has 0 radical (unpaired) electrons. The summed E-state index contributed by atoms with van der Waals surface area (Å²) in [4.78, 5) is 16.0. The van der Waals surface area contributed by atoms with Gasteiger partial charge >= 0.3 is 0 Å². The number of ketones is 1. The van der Waals surface area contributed by atoms with Gasteiger partial charge in [0.25, 0.3) is 0 Å². The number of carbonyl (C=O) groups is 1. The number of hydrogen-bond donors (Lipinski definition) is 0. The first kappa shape index (κ1) is 41.6. The molecule has 0 spiro atoms. The number of benzene rings is 8. The quantitative estimate of drug-likeness (QED) is 0.162. The molecule has 0 heterocycles.